The van der Waals surface area contributed by atoms with E-state index < -0.39 is 0 Å². The minimum atomic E-state index is -0.0209. The van der Waals surface area contributed by atoms with E-state index >= 15 is 0 Å². The maximum absolute atomic E-state index is 12.9. The summed E-state index contributed by atoms with van der Waals surface area (Å²) < 4.78 is 1.89. The van der Waals surface area contributed by atoms with E-state index in [4.69, 9.17) is 5.10 Å². The number of piperazine rings is 1. The van der Waals surface area contributed by atoms with Crippen molar-refractivity contribution in [2.75, 3.05) is 32.0 Å². The second-order valence-electron chi connectivity index (χ2n) is 7.11. The average molecular weight is 339 g/mol. The lowest BCUT2D eigenvalue weighted by Crippen LogP contribution is -2.54. The van der Waals surface area contributed by atoms with Gasteiger partial charge >= 0.3 is 6.03 Å². The van der Waals surface area contributed by atoms with E-state index in [1.54, 1.807) is 0 Å². The number of hydrogen-bond acceptors (Lipinski definition) is 3. The average Bonchev–Trinajstić information content (AvgIpc) is 3.18. The van der Waals surface area contributed by atoms with Crippen molar-refractivity contribution in [1.29, 1.82) is 0 Å². The first-order valence-corrected chi connectivity index (χ1v) is 9.06. The van der Waals surface area contributed by atoms with E-state index in [-0.39, 0.29) is 12.1 Å². The number of para-hydroxylation sites is 1. The fourth-order valence-electron chi connectivity index (χ4n) is 3.89. The lowest BCUT2D eigenvalue weighted by molar-refractivity contribution is 0.125. The van der Waals surface area contributed by atoms with Gasteiger partial charge in [0.25, 0.3) is 0 Å². The molecule has 0 saturated carbocycles. The van der Waals surface area contributed by atoms with Crippen LogP contribution in [-0.4, -0.2) is 58.3 Å². The molecule has 6 heteroatoms. The fraction of sp³-hybridized carbons (Fsp3) is 0.474. The second kappa shape index (κ2) is 6.52. The van der Waals surface area contributed by atoms with Crippen LogP contribution in [0, 0.1) is 0 Å². The molecule has 1 aliphatic carbocycles. The highest BCUT2D eigenvalue weighted by Gasteiger charge is 2.29. The summed E-state index contributed by atoms with van der Waals surface area (Å²) in [6, 6.07) is 10.2. The third-order valence-electron chi connectivity index (χ3n) is 5.22. The number of amides is 2. The number of fused-ring (bicyclic) bond motifs is 1. The zero-order valence-corrected chi connectivity index (χ0v) is 14.9. The Morgan fingerprint density at radius 2 is 2.00 bits per heavy atom. The first-order valence-electron chi connectivity index (χ1n) is 9.06. The van der Waals surface area contributed by atoms with Gasteiger partial charge in [0.05, 0.1) is 11.4 Å². The van der Waals surface area contributed by atoms with Gasteiger partial charge in [-0.05, 0) is 45.4 Å². The Kier molecular flexibility index (Phi) is 4.21. The van der Waals surface area contributed by atoms with Gasteiger partial charge in [-0.15, -0.1) is 0 Å². The third-order valence-corrected chi connectivity index (χ3v) is 5.22. The van der Waals surface area contributed by atoms with Gasteiger partial charge in [-0.3, -0.25) is 5.32 Å². The van der Waals surface area contributed by atoms with Gasteiger partial charge in [-0.2, -0.15) is 5.10 Å². The summed E-state index contributed by atoms with van der Waals surface area (Å²) in [5.74, 6) is 0.842. The molecule has 0 bridgehead atoms. The molecule has 1 atom stereocenters. The molecule has 2 amide bonds. The molecular weight excluding hydrogens is 314 g/mol. The summed E-state index contributed by atoms with van der Waals surface area (Å²) in [6.07, 6.45) is 3.08. The van der Waals surface area contributed by atoms with E-state index in [1.165, 1.54) is 5.56 Å². The number of rotatable bonds is 2. The number of hydrogen-bond donors (Lipinski definition) is 1. The molecule has 1 fully saturated rings. The molecule has 2 heterocycles. The summed E-state index contributed by atoms with van der Waals surface area (Å²) >= 11 is 0. The summed E-state index contributed by atoms with van der Waals surface area (Å²) in [5, 5.41) is 7.94. The van der Waals surface area contributed by atoms with Gasteiger partial charge in [0, 0.05) is 31.2 Å². The summed E-state index contributed by atoms with van der Waals surface area (Å²) in [6.45, 7) is 4.68. The number of anilines is 1. The van der Waals surface area contributed by atoms with Crippen molar-refractivity contribution in [1.82, 2.24) is 19.6 Å². The number of aromatic nitrogens is 2. The van der Waals surface area contributed by atoms with Gasteiger partial charge < -0.3 is 9.80 Å². The number of carbonyl (C=O) groups is 1. The first kappa shape index (κ1) is 16.1. The van der Waals surface area contributed by atoms with Crippen molar-refractivity contribution in [2.45, 2.75) is 32.2 Å². The highest BCUT2D eigenvalue weighted by atomic mass is 16.2. The second-order valence-corrected chi connectivity index (χ2v) is 7.11. The maximum atomic E-state index is 12.9. The Morgan fingerprint density at radius 3 is 2.76 bits per heavy atom. The van der Waals surface area contributed by atoms with Crippen LogP contribution in [0.2, 0.25) is 0 Å². The largest absolute Gasteiger partial charge is 0.323 e. The Morgan fingerprint density at radius 1 is 1.20 bits per heavy atom. The van der Waals surface area contributed by atoms with E-state index in [9.17, 15) is 4.79 Å². The minimum Gasteiger partial charge on any atom is -0.319 e. The molecule has 1 aliphatic heterocycles. The SMILES string of the molecule is C[C@H]1CN(C)CCN1C(=O)Nc1c2c(nn1-c1ccccc1)CCC2. The van der Waals surface area contributed by atoms with Crippen molar-refractivity contribution in [2.24, 2.45) is 0 Å². The number of nitrogens with zero attached hydrogens (tertiary/aromatic N) is 4. The number of nitrogens with one attached hydrogen (secondary N) is 1. The number of urea groups is 1. The van der Waals surface area contributed by atoms with Gasteiger partial charge in [0.1, 0.15) is 5.82 Å². The highest BCUT2D eigenvalue weighted by molar-refractivity contribution is 5.90. The maximum Gasteiger partial charge on any atom is 0.323 e. The van der Waals surface area contributed by atoms with Gasteiger partial charge in [-0.25, -0.2) is 9.48 Å². The number of carbonyl (C=O) groups excluding carboxylic acids is 1. The van der Waals surface area contributed by atoms with E-state index in [0.29, 0.717) is 0 Å². The van der Waals surface area contributed by atoms with Crippen LogP contribution in [0.25, 0.3) is 5.69 Å². The Balaban J connectivity index is 1.63. The van der Waals surface area contributed by atoms with Crippen LogP contribution in [0.3, 0.4) is 0 Å². The molecule has 1 saturated heterocycles. The first-order chi connectivity index (χ1) is 12.1. The van der Waals surface area contributed by atoms with Crippen molar-refractivity contribution in [3.05, 3.63) is 41.6 Å². The number of likely N-dealkylation sites (N-methyl/N-ethyl adjacent to an activating group) is 1. The molecular formula is C19H25N5O. The minimum absolute atomic E-state index is 0.0209. The predicted molar refractivity (Wildman–Crippen MR) is 98.3 cm³/mol. The Bertz CT molecular complexity index is 770. The molecule has 4 rings (SSSR count). The highest BCUT2D eigenvalue weighted by Crippen LogP contribution is 2.31. The van der Waals surface area contributed by atoms with Crippen LogP contribution in [-0.2, 0) is 12.8 Å². The van der Waals surface area contributed by atoms with Crippen molar-refractivity contribution in [3.63, 3.8) is 0 Å². The Labute approximate surface area is 148 Å². The normalized spacial score (nSPS) is 20.6. The molecule has 6 nitrogen and oxygen atoms in total. The fourth-order valence-corrected chi connectivity index (χ4v) is 3.89. The van der Waals surface area contributed by atoms with Crippen LogP contribution in [0.15, 0.2) is 30.3 Å². The predicted octanol–water partition coefficient (Wildman–Crippen LogP) is 2.53. The Hall–Kier alpha value is -2.34. The lowest BCUT2D eigenvalue weighted by atomic mass is 10.2. The zero-order chi connectivity index (χ0) is 17.4. The zero-order valence-electron chi connectivity index (χ0n) is 14.9. The van der Waals surface area contributed by atoms with E-state index in [0.717, 1.165) is 56.1 Å². The van der Waals surface area contributed by atoms with Gasteiger partial charge in [-0.1, -0.05) is 18.2 Å². The third kappa shape index (κ3) is 3.02. The lowest BCUT2D eigenvalue weighted by Gasteiger charge is -2.38. The van der Waals surface area contributed by atoms with Crippen LogP contribution in [0.1, 0.15) is 24.6 Å². The van der Waals surface area contributed by atoms with Crippen molar-refractivity contribution >= 4 is 11.8 Å². The standard InChI is InChI=1S/C19H25N5O/c1-14-13-22(2)11-12-23(14)19(25)20-18-16-9-6-10-17(16)21-24(18)15-7-4-3-5-8-15/h3-5,7-8,14H,6,9-13H2,1-2H3,(H,20,25)/t14-/m0/s1. The molecule has 132 valence electrons. The topological polar surface area (TPSA) is 53.4 Å². The molecule has 2 aliphatic rings. The van der Waals surface area contributed by atoms with Crippen molar-refractivity contribution in [3.8, 4) is 5.69 Å². The van der Waals surface area contributed by atoms with Crippen LogP contribution in [0.5, 0.6) is 0 Å². The summed E-state index contributed by atoms with van der Waals surface area (Å²) in [5.41, 5.74) is 3.29. The van der Waals surface area contributed by atoms with Crippen LogP contribution >= 0.6 is 0 Å². The summed E-state index contributed by atoms with van der Waals surface area (Å²) in [4.78, 5) is 17.1. The summed E-state index contributed by atoms with van der Waals surface area (Å²) in [7, 11) is 2.10. The molecule has 25 heavy (non-hydrogen) atoms. The smallest absolute Gasteiger partial charge is 0.319 e. The van der Waals surface area contributed by atoms with Gasteiger partial charge in [0.15, 0.2) is 0 Å². The van der Waals surface area contributed by atoms with Crippen LogP contribution < -0.4 is 5.32 Å². The quantitative estimate of drug-likeness (QED) is 0.915. The van der Waals surface area contributed by atoms with Crippen molar-refractivity contribution < 1.29 is 4.79 Å². The number of aryl methyl sites for hydroxylation is 1. The molecule has 0 spiro atoms. The molecule has 1 aromatic carbocycles. The van der Waals surface area contributed by atoms with Gasteiger partial charge in [0.2, 0.25) is 0 Å². The van der Waals surface area contributed by atoms with Crippen LogP contribution in [0.4, 0.5) is 10.6 Å². The van der Waals surface area contributed by atoms with E-state index in [1.807, 2.05) is 39.9 Å². The molecule has 0 unspecified atom stereocenters. The molecule has 0 radical (unpaired) electrons. The molecule has 2 aromatic rings. The monoisotopic (exact) mass is 339 g/mol. The number of benzene rings is 1. The molecule has 1 aromatic heterocycles. The molecule has 1 N–H and O–H groups in total. The van der Waals surface area contributed by atoms with E-state index in [2.05, 4.69) is 24.2 Å².